The van der Waals surface area contributed by atoms with Gasteiger partial charge in [0, 0.05) is 11.4 Å². The molecule has 0 N–H and O–H groups in total. The van der Waals surface area contributed by atoms with Crippen LogP contribution in [0.25, 0.3) is 10.6 Å². The number of halogens is 2. The Bertz CT molecular complexity index is 694. The number of nitrogens with zero attached hydrogens (tertiary/aromatic N) is 1. The third-order valence-electron chi connectivity index (χ3n) is 2.59. The van der Waals surface area contributed by atoms with Crippen LogP contribution in [0.1, 0.15) is 34.0 Å². The fourth-order valence-electron chi connectivity index (χ4n) is 1.71. The van der Waals surface area contributed by atoms with Gasteiger partial charge in [-0.2, -0.15) is 0 Å². The molecule has 0 bridgehead atoms. The Morgan fingerprint density at radius 2 is 2.14 bits per heavy atom. The lowest BCUT2D eigenvalue weighted by Gasteiger charge is -2.01. The number of ether oxygens (including phenoxy) is 1. The molecule has 0 amide bonds. The van der Waals surface area contributed by atoms with Gasteiger partial charge >= 0.3 is 5.97 Å². The highest BCUT2D eigenvalue weighted by Gasteiger charge is 2.24. The predicted octanol–water partition coefficient (Wildman–Crippen LogP) is 4.09. The van der Waals surface area contributed by atoms with E-state index >= 15 is 0 Å². The second-order valence-electron chi connectivity index (χ2n) is 4.07. The first-order valence-corrected chi connectivity index (χ1v) is 7.70. The summed E-state index contributed by atoms with van der Waals surface area (Å²) in [4.78, 5) is 27.8. The molecule has 0 radical (unpaired) electrons. The molecule has 1 aromatic heterocycles. The number of Topliss-reactive ketones (excluding diaryl/α,β-unsaturated/α-hetero) is 1. The fraction of sp³-hybridized carbons (Fsp3) is 0.214. The first kappa shape index (κ1) is 15.8. The minimum Gasteiger partial charge on any atom is -0.461 e. The second-order valence-corrected chi connectivity index (χ2v) is 5.92. The molecule has 7 heteroatoms. The Hall–Kier alpha value is -1.60. The van der Waals surface area contributed by atoms with Crippen molar-refractivity contribution in [3.63, 3.8) is 0 Å². The number of thiazole rings is 1. The molecular weight excluding hydrogens is 361 g/mol. The van der Waals surface area contributed by atoms with E-state index in [0.29, 0.717) is 4.47 Å². The molecule has 4 nitrogen and oxygen atoms in total. The predicted molar refractivity (Wildman–Crippen MR) is 81.2 cm³/mol. The number of rotatable bonds is 4. The highest BCUT2D eigenvalue weighted by molar-refractivity contribution is 9.10. The Morgan fingerprint density at radius 1 is 1.43 bits per heavy atom. The Balaban J connectivity index is 2.59. The van der Waals surface area contributed by atoms with E-state index in [-0.39, 0.29) is 33.5 Å². The van der Waals surface area contributed by atoms with Gasteiger partial charge in [-0.3, -0.25) is 4.79 Å². The molecule has 21 heavy (non-hydrogen) atoms. The van der Waals surface area contributed by atoms with Gasteiger partial charge in [0.1, 0.15) is 15.7 Å². The van der Waals surface area contributed by atoms with Crippen LogP contribution in [-0.2, 0) is 4.74 Å². The lowest BCUT2D eigenvalue weighted by molar-refractivity contribution is 0.0517. The Kier molecular flexibility index (Phi) is 4.84. The van der Waals surface area contributed by atoms with E-state index in [1.807, 2.05) is 0 Å². The number of esters is 1. The average molecular weight is 372 g/mol. The van der Waals surface area contributed by atoms with E-state index in [4.69, 9.17) is 4.74 Å². The maximum atomic E-state index is 14.0. The molecule has 1 heterocycles. The fourth-order valence-corrected chi connectivity index (χ4v) is 3.38. The Morgan fingerprint density at radius 3 is 2.71 bits per heavy atom. The molecule has 0 saturated heterocycles. The van der Waals surface area contributed by atoms with Crippen LogP contribution in [0.5, 0.6) is 0 Å². The quantitative estimate of drug-likeness (QED) is 0.599. The summed E-state index contributed by atoms with van der Waals surface area (Å²) in [5, 5.41) is 0.258. The number of ketones is 1. The number of carbonyl (C=O) groups excluding carboxylic acids is 2. The van der Waals surface area contributed by atoms with Crippen LogP contribution in [-0.4, -0.2) is 23.3 Å². The summed E-state index contributed by atoms with van der Waals surface area (Å²) < 4.78 is 19.3. The van der Waals surface area contributed by atoms with Crippen molar-refractivity contribution in [3.05, 3.63) is 39.1 Å². The molecule has 2 rings (SSSR count). The maximum Gasteiger partial charge on any atom is 0.358 e. The number of hydrogen-bond acceptors (Lipinski definition) is 5. The van der Waals surface area contributed by atoms with Crippen LogP contribution >= 0.6 is 27.3 Å². The van der Waals surface area contributed by atoms with Crippen molar-refractivity contribution in [2.75, 3.05) is 6.61 Å². The average Bonchev–Trinajstić information content (AvgIpc) is 2.84. The van der Waals surface area contributed by atoms with Crippen LogP contribution < -0.4 is 0 Å². The molecule has 0 atom stereocenters. The lowest BCUT2D eigenvalue weighted by atomic mass is 10.2. The molecule has 0 fully saturated rings. The summed E-state index contributed by atoms with van der Waals surface area (Å²) in [6, 6.07) is 4.50. The minimum atomic E-state index is -0.683. The third kappa shape index (κ3) is 3.19. The summed E-state index contributed by atoms with van der Waals surface area (Å²) >= 11 is 4.22. The van der Waals surface area contributed by atoms with Crippen molar-refractivity contribution in [1.82, 2.24) is 4.98 Å². The largest absolute Gasteiger partial charge is 0.461 e. The van der Waals surface area contributed by atoms with Crippen LogP contribution in [0.2, 0.25) is 0 Å². The van der Waals surface area contributed by atoms with Crippen LogP contribution in [0.4, 0.5) is 4.39 Å². The summed E-state index contributed by atoms with van der Waals surface area (Å²) in [5.41, 5.74) is 0.153. The zero-order chi connectivity index (χ0) is 15.6. The van der Waals surface area contributed by atoms with Gasteiger partial charge in [-0.1, -0.05) is 6.07 Å². The van der Waals surface area contributed by atoms with Crippen molar-refractivity contribution >= 4 is 39.0 Å². The first-order chi connectivity index (χ1) is 9.95. The summed E-state index contributed by atoms with van der Waals surface area (Å²) in [7, 11) is 0. The summed E-state index contributed by atoms with van der Waals surface area (Å²) in [5.74, 6) is -1.48. The van der Waals surface area contributed by atoms with Gasteiger partial charge in [-0.15, -0.1) is 11.3 Å². The van der Waals surface area contributed by atoms with Crippen LogP contribution in [0.15, 0.2) is 22.7 Å². The minimum absolute atomic E-state index is 0.0699. The van der Waals surface area contributed by atoms with Gasteiger partial charge in [-0.25, -0.2) is 14.2 Å². The van der Waals surface area contributed by atoms with E-state index in [2.05, 4.69) is 20.9 Å². The van der Waals surface area contributed by atoms with Gasteiger partial charge in [0.15, 0.2) is 11.5 Å². The first-order valence-electron chi connectivity index (χ1n) is 6.09. The number of hydrogen-bond donors (Lipinski definition) is 0. The van der Waals surface area contributed by atoms with E-state index in [0.717, 1.165) is 11.3 Å². The van der Waals surface area contributed by atoms with E-state index < -0.39 is 11.8 Å². The van der Waals surface area contributed by atoms with Crippen molar-refractivity contribution in [3.8, 4) is 10.6 Å². The van der Waals surface area contributed by atoms with Gasteiger partial charge < -0.3 is 4.74 Å². The second kappa shape index (κ2) is 6.44. The number of aromatic nitrogens is 1. The molecule has 1 aromatic carbocycles. The van der Waals surface area contributed by atoms with Crippen LogP contribution in [0, 0.1) is 5.82 Å². The standard InChI is InChI=1S/C14H11BrFNO3S/c1-3-20-14(19)11-12(7(2)18)21-13(17-11)10-8(15)5-4-6-9(10)16/h4-6H,3H2,1-2H3. The normalized spacial score (nSPS) is 10.5. The molecule has 0 aliphatic rings. The topological polar surface area (TPSA) is 56.3 Å². The van der Waals surface area contributed by atoms with Gasteiger partial charge in [0.2, 0.25) is 0 Å². The molecule has 2 aromatic rings. The molecule has 0 saturated carbocycles. The van der Waals surface area contributed by atoms with Gasteiger partial charge in [0.05, 0.1) is 12.2 Å². The lowest BCUT2D eigenvalue weighted by Crippen LogP contribution is -2.09. The third-order valence-corrected chi connectivity index (χ3v) is 4.43. The zero-order valence-corrected chi connectivity index (χ0v) is 13.7. The monoisotopic (exact) mass is 371 g/mol. The highest BCUT2D eigenvalue weighted by atomic mass is 79.9. The number of benzene rings is 1. The van der Waals surface area contributed by atoms with Crippen molar-refractivity contribution in [2.24, 2.45) is 0 Å². The van der Waals surface area contributed by atoms with Gasteiger partial charge in [0.25, 0.3) is 0 Å². The number of carbonyl (C=O) groups is 2. The summed E-state index contributed by atoms with van der Waals surface area (Å²) in [6.45, 7) is 3.16. The maximum absolute atomic E-state index is 14.0. The smallest absolute Gasteiger partial charge is 0.358 e. The van der Waals surface area contributed by atoms with Crippen molar-refractivity contribution in [1.29, 1.82) is 0 Å². The van der Waals surface area contributed by atoms with Crippen LogP contribution in [0.3, 0.4) is 0 Å². The van der Waals surface area contributed by atoms with Gasteiger partial charge in [-0.05, 0) is 35.0 Å². The molecule has 0 unspecified atom stereocenters. The zero-order valence-electron chi connectivity index (χ0n) is 11.3. The van der Waals surface area contributed by atoms with E-state index in [1.165, 1.54) is 13.0 Å². The molecule has 0 aliphatic heterocycles. The molecular formula is C14H11BrFNO3S. The summed E-state index contributed by atoms with van der Waals surface area (Å²) in [6.07, 6.45) is 0. The van der Waals surface area contributed by atoms with E-state index in [1.54, 1.807) is 19.1 Å². The SMILES string of the molecule is CCOC(=O)c1nc(-c2c(F)cccc2Br)sc1C(C)=O. The van der Waals surface area contributed by atoms with Crippen molar-refractivity contribution < 1.29 is 18.7 Å². The molecule has 110 valence electrons. The molecule has 0 spiro atoms. The Labute approximate surface area is 133 Å². The molecule has 0 aliphatic carbocycles. The highest BCUT2D eigenvalue weighted by Crippen LogP contribution is 2.35. The van der Waals surface area contributed by atoms with Crippen molar-refractivity contribution in [2.45, 2.75) is 13.8 Å². The van der Waals surface area contributed by atoms with E-state index in [9.17, 15) is 14.0 Å².